The zero-order valence-electron chi connectivity index (χ0n) is 14.8. The summed E-state index contributed by atoms with van der Waals surface area (Å²) >= 11 is 0.0446. The monoisotopic (exact) mass is 422 g/mol. The van der Waals surface area contributed by atoms with Gasteiger partial charge in [-0.05, 0) is 0 Å². The van der Waals surface area contributed by atoms with Crippen molar-refractivity contribution in [2.24, 2.45) is 0 Å². The Morgan fingerprint density at radius 3 is 2.33 bits per heavy atom. The second-order valence-electron chi connectivity index (χ2n) is 6.07. The number of ether oxygens (including phenoxy) is 2. The van der Waals surface area contributed by atoms with Gasteiger partial charge in [0.05, 0.1) is 0 Å². The third-order valence-corrected chi connectivity index (χ3v) is 6.81. The van der Waals surface area contributed by atoms with Gasteiger partial charge in [-0.3, -0.25) is 0 Å². The molecule has 0 atom stereocenters. The van der Waals surface area contributed by atoms with E-state index in [1.165, 1.54) is 5.56 Å². The van der Waals surface area contributed by atoms with Crippen LogP contribution in [0.25, 0.3) is 4.47 Å². The molecule has 4 heteroatoms. The maximum absolute atomic E-state index is 13.1. The van der Waals surface area contributed by atoms with Crippen LogP contribution in [0.5, 0.6) is 11.5 Å². The fourth-order valence-corrected chi connectivity index (χ4v) is 5.23. The van der Waals surface area contributed by atoms with Crippen molar-refractivity contribution < 1.29 is 14.3 Å². The van der Waals surface area contributed by atoms with E-state index in [1.54, 1.807) is 13.2 Å². The zero-order valence-corrected chi connectivity index (χ0v) is 16.6. The molecule has 1 aliphatic heterocycles. The molecule has 0 amide bonds. The first-order valence-corrected chi connectivity index (χ1v) is 10.7. The first-order chi connectivity index (χ1) is 13.3. The molecule has 4 rings (SSSR count). The Balaban J connectivity index is 1.75. The number of carbonyl (C=O) groups is 1. The van der Waals surface area contributed by atoms with E-state index in [9.17, 15) is 4.79 Å². The van der Waals surface area contributed by atoms with E-state index >= 15 is 0 Å². The molecule has 0 N–H and O–H groups in total. The van der Waals surface area contributed by atoms with E-state index in [2.05, 4.69) is 12.1 Å². The molecule has 134 valence electrons. The summed E-state index contributed by atoms with van der Waals surface area (Å²) in [6, 6.07) is 25.8. The molecule has 3 aromatic rings. The number of ketones is 1. The van der Waals surface area contributed by atoms with Crippen molar-refractivity contribution in [1.29, 1.82) is 0 Å². The first kappa shape index (κ1) is 17.6. The third-order valence-electron chi connectivity index (χ3n) is 4.32. The molecule has 1 aliphatic rings. The van der Waals surface area contributed by atoms with Gasteiger partial charge in [0.25, 0.3) is 0 Å². The van der Waals surface area contributed by atoms with Gasteiger partial charge in [-0.2, -0.15) is 0 Å². The van der Waals surface area contributed by atoms with Crippen molar-refractivity contribution in [3.63, 3.8) is 0 Å². The molecule has 0 aliphatic carbocycles. The molecule has 27 heavy (non-hydrogen) atoms. The maximum atomic E-state index is 13.1. The van der Waals surface area contributed by atoms with Crippen LogP contribution in [-0.4, -0.2) is 27.8 Å². The number of allylic oxidation sites excluding steroid dienone is 1. The van der Waals surface area contributed by atoms with Gasteiger partial charge in [-0.15, -0.1) is 0 Å². The molecular formula is C23H18O3Se. The number of para-hydroxylation sites is 1. The molecule has 3 aromatic carbocycles. The molecule has 0 unspecified atom stereocenters. The fourth-order valence-electron chi connectivity index (χ4n) is 2.98. The van der Waals surface area contributed by atoms with E-state index in [0.717, 1.165) is 15.4 Å². The van der Waals surface area contributed by atoms with Crippen molar-refractivity contribution in [2.45, 2.75) is 5.32 Å². The van der Waals surface area contributed by atoms with Crippen LogP contribution in [0.4, 0.5) is 0 Å². The summed E-state index contributed by atoms with van der Waals surface area (Å²) in [6.45, 7) is 0. The SMILES string of the molecule is COc1cccc2c1O/C(=C(/[Se]Cc1ccccc1)c1ccccc1)C2=O. The number of hydrogen-bond acceptors (Lipinski definition) is 3. The second kappa shape index (κ2) is 7.83. The van der Waals surface area contributed by atoms with Gasteiger partial charge in [-0.25, -0.2) is 0 Å². The van der Waals surface area contributed by atoms with Crippen molar-refractivity contribution in [1.82, 2.24) is 0 Å². The van der Waals surface area contributed by atoms with Crippen molar-refractivity contribution in [3.05, 3.63) is 101 Å². The zero-order chi connectivity index (χ0) is 18.6. The Morgan fingerprint density at radius 2 is 1.63 bits per heavy atom. The van der Waals surface area contributed by atoms with Gasteiger partial charge in [0.15, 0.2) is 0 Å². The summed E-state index contributed by atoms with van der Waals surface area (Å²) in [5.41, 5.74) is 2.85. The van der Waals surface area contributed by atoms with Crippen LogP contribution in [0.1, 0.15) is 21.5 Å². The van der Waals surface area contributed by atoms with Gasteiger partial charge in [0.1, 0.15) is 0 Å². The normalized spacial score (nSPS) is 14.5. The van der Waals surface area contributed by atoms with Crippen LogP contribution in [0.15, 0.2) is 84.6 Å². The van der Waals surface area contributed by atoms with Crippen LogP contribution >= 0.6 is 0 Å². The Morgan fingerprint density at radius 1 is 0.926 bits per heavy atom. The molecule has 0 spiro atoms. The third kappa shape index (κ3) is 3.55. The van der Waals surface area contributed by atoms with Crippen LogP contribution in [0.2, 0.25) is 0 Å². The second-order valence-corrected chi connectivity index (χ2v) is 8.13. The number of carbonyl (C=O) groups excluding carboxylic acids is 1. The van der Waals surface area contributed by atoms with Crippen LogP contribution in [0, 0.1) is 0 Å². The van der Waals surface area contributed by atoms with E-state index in [0.29, 0.717) is 22.8 Å². The Bertz CT molecular complexity index is 995. The first-order valence-electron chi connectivity index (χ1n) is 8.64. The summed E-state index contributed by atoms with van der Waals surface area (Å²) in [4.78, 5) is 13.1. The van der Waals surface area contributed by atoms with Crippen molar-refractivity contribution >= 4 is 25.2 Å². The predicted octanol–water partition coefficient (Wildman–Crippen LogP) is 4.54. The molecule has 0 fully saturated rings. The Kier molecular flexibility index (Phi) is 5.10. The van der Waals surface area contributed by atoms with Crippen molar-refractivity contribution in [3.8, 4) is 11.5 Å². The summed E-state index contributed by atoms with van der Waals surface area (Å²) < 4.78 is 12.4. The van der Waals surface area contributed by atoms with E-state index < -0.39 is 0 Å². The van der Waals surface area contributed by atoms with Gasteiger partial charge in [0.2, 0.25) is 0 Å². The molecule has 0 saturated heterocycles. The average molecular weight is 421 g/mol. The number of Topliss-reactive ketones (excluding diaryl/α,β-unsaturated/α-hetero) is 1. The molecule has 1 heterocycles. The summed E-state index contributed by atoms with van der Waals surface area (Å²) in [5.74, 6) is 1.46. The quantitative estimate of drug-likeness (QED) is 0.448. The predicted molar refractivity (Wildman–Crippen MR) is 107 cm³/mol. The van der Waals surface area contributed by atoms with Crippen LogP contribution in [-0.2, 0) is 5.32 Å². The molecule has 0 radical (unpaired) electrons. The molecular weight excluding hydrogens is 403 g/mol. The molecule has 3 nitrogen and oxygen atoms in total. The number of methoxy groups -OCH3 is 1. The summed E-state index contributed by atoms with van der Waals surface area (Å²) in [6.07, 6.45) is 0. The Labute approximate surface area is 164 Å². The minimum atomic E-state index is -0.0716. The average Bonchev–Trinajstić information content (AvgIpc) is 3.06. The summed E-state index contributed by atoms with van der Waals surface area (Å²) in [7, 11) is 1.59. The van der Waals surface area contributed by atoms with Gasteiger partial charge in [-0.1, -0.05) is 0 Å². The summed E-state index contributed by atoms with van der Waals surface area (Å²) in [5, 5.41) is 0.895. The number of fused-ring (bicyclic) bond motifs is 1. The van der Waals surface area contributed by atoms with Crippen LogP contribution in [0.3, 0.4) is 0 Å². The van der Waals surface area contributed by atoms with Crippen molar-refractivity contribution in [2.75, 3.05) is 7.11 Å². The van der Waals surface area contributed by atoms with Crippen LogP contribution < -0.4 is 9.47 Å². The van der Waals surface area contributed by atoms with Gasteiger partial charge < -0.3 is 0 Å². The molecule has 0 saturated carbocycles. The number of rotatable bonds is 5. The minimum absolute atomic E-state index is 0.0446. The molecule has 0 bridgehead atoms. The van der Waals surface area contributed by atoms with Gasteiger partial charge >= 0.3 is 165 Å². The van der Waals surface area contributed by atoms with E-state index in [1.807, 2.05) is 60.7 Å². The van der Waals surface area contributed by atoms with Gasteiger partial charge in [0, 0.05) is 0 Å². The van der Waals surface area contributed by atoms with E-state index in [-0.39, 0.29) is 20.7 Å². The topological polar surface area (TPSA) is 35.5 Å². The molecule has 0 aromatic heterocycles. The Hall–Kier alpha value is -2.81. The number of benzene rings is 3. The van der Waals surface area contributed by atoms with E-state index in [4.69, 9.17) is 9.47 Å². The fraction of sp³-hybridized carbons (Fsp3) is 0.0870. The standard InChI is InChI=1S/C23H18O3Se/c1-25-19-14-8-13-18-20(24)22(26-21(18)19)23(17-11-6-3-7-12-17)27-15-16-9-4-2-5-10-16/h2-14H,15H2,1H3/b23-22+. The number of hydrogen-bond donors (Lipinski definition) is 0.